The molecule has 1 N–H and O–H groups in total. The average Bonchev–Trinajstić information content (AvgIpc) is 2.82. The Balaban J connectivity index is 2.12. The Bertz CT molecular complexity index is 729. The van der Waals surface area contributed by atoms with Crippen LogP contribution in [0.5, 0.6) is 0 Å². The molecule has 0 saturated carbocycles. The Morgan fingerprint density at radius 2 is 1.77 bits per heavy atom. The van der Waals surface area contributed by atoms with E-state index in [9.17, 15) is 5.26 Å². The number of allylic oxidation sites excluding steroid dienone is 2. The molecular weight excluding hydrogens is 290 g/mol. The van der Waals surface area contributed by atoms with Crippen LogP contribution in [0, 0.1) is 28.6 Å². The summed E-state index contributed by atoms with van der Waals surface area (Å²) in [6.45, 7) is 11.8. The largest absolute Gasteiger partial charge is 0.371 e. The maximum absolute atomic E-state index is 9.31. The molecule has 2 rings (SSSR count). The van der Waals surface area contributed by atoms with Gasteiger partial charge >= 0.3 is 0 Å². The summed E-state index contributed by atoms with van der Waals surface area (Å²) in [6, 6.07) is 12.4. The molecule has 22 heavy (non-hydrogen) atoms. The van der Waals surface area contributed by atoms with E-state index in [1.54, 1.807) is 0 Å². The molecule has 110 valence electrons. The van der Waals surface area contributed by atoms with E-state index >= 15 is 0 Å². The van der Waals surface area contributed by atoms with Crippen molar-refractivity contribution in [2.75, 3.05) is 0 Å². The zero-order valence-electron chi connectivity index (χ0n) is 12.7. The van der Waals surface area contributed by atoms with E-state index < -0.39 is 0 Å². The Kier molecular flexibility index (Phi) is 4.75. The second kappa shape index (κ2) is 6.56. The molecule has 0 saturated heterocycles. The van der Waals surface area contributed by atoms with E-state index in [2.05, 4.69) is 30.6 Å². The molecule has 0 aliphatic carbocycles. The number of thioether (sulfide) groups is 1. The molecule has 1 heterocycles. The van der Waals surface area contributed by atoms with Crippen LogP contribution in [0.3, 0.4) is 0 Å². The van der Waals surface area contributed by atoms with Gasteiger partial charge in [-0.3, -0.25) is 0 Å². The topological polar surface area (TPSA) is 59.6 Å². The molecule has 1 aliphatic heterocycles. The summed E-state index contributed by atoms with van der Waals surface area (Å²) < 4.78 is 0. The summed E-state index contributed by atoms with van der Waals surface area (Å²) in [5.41, 5.74) is 4.65. The first kappa shape index (κ1) is 15.9. The van der Waals surface area contributed by atoms with Crippen molar-refractivity contribution in [2.24, 2.45) is 5.92 Å². The monoisotopic (exact) mass is 307 g/mol. The second-order valence-electron chi connectivity index (χ2n) is 5.25. The molecular formula is C18H17N3S. The lowest BCUT2D eigenvalue weighted by atomic mass is 10.0. The van der Waals surface area contributed by atoms with Gasteiger partial charge in [0.05, 0.1) is 22.3 Å². The third-order valence-corrected chi connectivity index (χ3v) is 4.95. The number of benzene rings is 1. The Morgan fingerprint density at radius 1 is 1.18 bits per heavy atom. The highest BCUT2D eigenvalue weighted by molar-refractivity contribution is 8.04. The number of hydrogen-bond donors (Lipinski definition) is 1. The van der Waals surface area contributed by atoms with Crippen molar-refractivity contribution in [3.05, 3.63) is 59.0 Å². The van der Waals surface area contributed by atoms with E-state index in [4.69, 9.17) is 5.26 Å². The van der Waals surface area contributed by atoms with E-state index in [0.717, 1.165) is 28.0 Å². The molecule has 2 unspecified atom stereocenters. The standard InChI is InChI=1S/C18H17N3S/c1-11(2)14-5-7-15(8-6-14)13(4)21-18-16(9-19)12(3)17(10-20)22-18/h5-8,16,18,21H,1,4H2,2-3H3. The summed E-state index contributed by atoms with van der Waals surface area (Å²) in [5, 5.41) is 21.5. The fraction of sp³-hybridized carbons (Fsp3) is 0.222. The predicted octanol–water partition coefficient (Wildman–Crippen LogP) is 4.29. The third-order valence-electron chi connectivity index (χ3n) is 3.66. The fourth-order valence-electron chi connectivity index (χ4n) is 2.26. The Hall–Kier alpha value is -2.43. The fourth-order valence-corrected chi connectivity index (χ4v) is 3.48. The van der Waals surface area contributed by atoms with Crippen molar-refractivity contribution in [1.29, 1.82) is 10.5 Å². The molecule has 0 aromatic heterocycles. The number of nitrogens with zero attached hydrogens (tertiary/aromatic N) is 2. The number of nitriles is 2. The summed E-state index contributed by atoms with van der Waals surface area (Å²) in [5.74, 6) is -0.314. The zero-order valence-corrected chi connectivity index (χ0v) is 13.5. The molecule has 0 bridgehead atoms. The van der Waals surface area contributed by atoms with Crippen molar-refractivity contribution in [3.63, 3.8) is 0 Å². The molecule has 0 spiro atoms. The van der Waals surface area contributed by atoms with Crippen molar-refractivity contribution in [1.82, 2.24) is 5.32 Å². The smallest absolute Gasteiger partial charge is 0.106 e. The quantitative estimate of drug-likeness (QED) is 0.901. The second-order valence-corrected chi connectivity index (χ2v) is 6.40. The van der Waals surface area contributed by atoms with Gasteiger partial charge in [-0.2, -0.15) is 10.5 Å². The van der Waals surface area contributed by atoms with Crippen LogP contribution in [-0.2, 0) is 0 Å². The van der Waals surface area contributed by atoms with Gasteiger partial charge < -0.3 is 5.32 Å². The molecule has 1 aromatic rings. The van der Waals surface area contributed by atoms with Gasteiger partial charge in [0, 0.05) is 5.70 Å². The van der Waals surface area contributed by atoms with Crippen LogP contribution in [0.1, 0.15) is 25.0 Å². The lowest BCUT2D eigenvalue weighted by Crippen LogP contribution is -2.29. The van der Waals surface area contributed by atoms with Crippen molar-refractivity contribution in [2.45, 2.75) is 19.2 Å². The van der Waals surface area contributed by atoms with Crippen molar-refractivity contribution >= 4 is 23.0 Å². The first-order valence-electron chi connectivity index (χ1n) is 6.86. The molecule has 0 amide bonds. The minimum atomic E-state index is -0.314. The highest BCUT2D eigenvalue weighted by Crippen LogP contribution is 2.40. The highest BCUT2D eigenvalue weighted by Gasteiger charge is 2.33. The van der Waals surface area contributed by atoms with Gasteiger partial charge in [-0.15, -0.1) is 0 Å². The van der Waals surface area contributed by atoms with Gasteiger partial charge in [0.15, 0.2) is 0 Å². The van der Waals surface area contributed by atoms with E-state index in [1.807, 2.05) is 38.1 Å². The summed E-state index contributed by atoms with van der Waals surface area (Å²) in [6.07, 6.45) is 0. The summed E-state index contributed by atoms with van der Waals surface area (Å²) >= 11 is 1.39. The highest BCUT2D eigenvalue weighted by atomic mass is 32.2. The van der Waals surface area contributed by atoms with Gasteiger partial charge in [0.1, 0.15) is 6.07 Å². The van der Waals surface area contributed by atoms with Crippen LogP contribution in [0.4, 0.5) is 0 Å². The SMILES string of the molecule is C=C(C)c1ccc(C(=C)NC2SC(C#N)=C(C)C2C#N)cc1. The van der Waals surface area contributed by atoms with E-state index in [-0.39, 0.29) is 11.3 Å². The molecule has 1 aliphatic rings. The van der Waals surface area contributed by atoms with Crippen LogP contribution >= 0.6 is 11.8 Å². The van der Waals surface area contributed by atoms with Gasteiger partial charge in [-0.1, -0.05) is 54.8 Å². The molecule has 0 radical (unpaired) electrons. The van der Waals surface area contributed by atoms with Crippen molar-refractivity contribution in [3.8, 4) is 12.1 Å². The minimum absolute atomic E-state index is 0.173. The van der Waals surface area contributed by atoms with Crippen LogP contribution in [0.25, 0.3) is 11.3 Å². The average molecular weight is 307 g/mol. The van der Waals surface area contributed by atoms with Gasteiger partial charge in [0.2, 0.25) is 0 Å². The molecule has 4 heteroatoms. The Morgan fingerprint density at radius 3 is 2.27 bits per heavy atom. The zero-order chi connectivity index (χ0) is 16.3. The van der Waals surface area contributed by atoms with Crippen LogP contribution in [0.2, 0.25) is 0 Å². The maximum atomic E-state index is 9.31. The molecule has 1 aromatic carbocycles. The first-order valence-corrected chi connectivity index (χ1v) is 7.74. The lowest BCUT2D eigenvalue weighted by Gasteiger charge is -2.19. The minimum Gasteiger partial charge on any atom is -0.371 e. The predicted molar refractivity (Wildman–Crippen MR) is 92.1 cm³/mol. The van der Waals surface area contributed by atoms with E-state index in [1.165, 1.54) is 11.8 Å². The summed E-state index contributed by atoms with van der Waals surface area (Å²) in [4.78, 5) is 0.620. The van der Waals surface area contributed by atoms with Crippen LogP contribution in [0.15, 0.2) is 47.9 Å². The molecule has 3 nitrogen and oxygen atoms in total. The first-order chi connectivity index (χ1) is 10.5. The van der Waals surface area contributed by atoms with Crippen LogP contribution < -0.4 is 5.32 Å². The van der Waals surface area contributed by atoms with Gasteiger partial charge in [-0.25, -0.2) is 0 Å². The molecule has 0 fully saturated rings. The molecule has 2 atom stereocenters. The number of nitrogens with one attached hydrogen (secondary N) is 1. The number of rotatable bonds is 4. The van der Waals surface area contributed by atoms with Crippen molar-refractivity contribution < 1.29 is 0 Å². The van der Waals surface area contributed by atoms with Crippen LogP contribution in [-0.4, -0.2) is 5.37 Å². The summed E-state index contributed by atoms with van der Waals surface area (Å²) in [7, 11) is 0. The Labute approximate surface area is 135 Å². The number of hydrogen-bond acceptors (Lipinski definition) is 4. The normalized spacial score (nSPS) is 20.2. The van der Waals surface area contributed by atoms with Gasteiger partial charge in [-0.05, 0) is 30.5 Å². The lowest BCUT2D eigenvalue weighted by molar-refractivity contribution is 0.680. The maximum Gasteiger partial charge on any atom is 0.106 e. The van der Waals surface area contributed by atoms with E-state index in [0.29, 0.717) is 4.91 Å². The third kappa shape index (κ3) is 3.08. The van der Waals surface area contributed by atoms with Gasteiger partial charge in [0.25, 0.3) is 0 Å².